The molecule has 1 aromatic rings. The molecule has 5 heteroatoms. The van der Waals surface area contributed by atoms with E-state index in [0.717, 1.165) is 12.0 Å². The fourth-order valence-electron chi connectivity index (χ4n) is 2.32. The van der Waals surface area contributed by atoms with E-state index in [-0.39, 0.29) is 6.61 Å². The normalized spacial score (nSPS) is 15.8. The Bertz CT molecular complexity index is 517. The van der Waals surface area contributed by atoms with Crippen LogP contribution in [-0.4, -0.2) is 23.8 Å². The predicted molar refractivity (Wildman–Crippen MR) is 74.8 cm³/mol. The van der Waals surface area contributed by atoms with E-state index < -0.39 is 17.5 Å². The Balaban J connectivity index is 2.05. The van der Waals surface area contributed by atoms with Gasteiger partial charge < -0.3 is 9.84 Å². The molecule has 0 aromatic heterocycles. The summed E-state index contributed by atoms with van der Waals surface area (Å²) in [7, 11) is 0. The van der Waals surface area contributed by atoms with E-state index in [4.69, 9.17) is 4.74 Å². The first-order chi connectivity index (χ1) is 9.58. The summed E-state index contributed by atoms with van der Waals surface area (Å²) in [6, 6.07) is 6.87. The number of amides is 1. The molecule has 0 radical (unpaired) electrons. The van der Waals surface area contributed by atoms with Gasteiger partial charge in [-0.15, -0.1) is 0 Å². The number of aliphatic carboxylic acids is 1. The lowest BCUT2D eigenvalue weighted by molar-refractivity contribution is -0.147. The molecule has 1 amide bonds. The second kappa shape index (κ2) is 5.77. The fraction of sp³-hybridized carbons (Fsp3) is 0.333. The zero-order chi connectivity index (χ0) is 14.6. The largest absolute Gasteiger partial charge is 0.481 e. The maximum absolute atomic E-state index is 11.4. The number of carbonyl (C=O) groups excluding carboxylic acids is 1. The second-order valence-electron chi connectivity index (χ2n) is 4.83. The highest BCUT2D eigenvalue weighted by Gasteiger charge is 2.45. The quantitative estimate of drug-likeness (QED) is 0.810. The minimum Gasteiger partial charge on any atom is -0.481 e. The number of anilines is 1. The van der Waals surface area contributed by atoms with Gasteiger partial charge in [-0.3, -0.25) is 10.1 Å². The van der Waals surface area contributed by atoms with Crippen LogP contribution >= 0.6 is 0 Å². The highest BCUT2D eigenvalue weighted by Crippen LogP contribution is 2.44. The summed E-state index contributed by atoms with van der Waals surface area (Å²) < 4.78 is 4.80. The highest BCUT2D eigenvalue weighted by molar-refractivity contribution is 5.85. The Morgan fingerprint density at radius 1 is 1.35 bits per heavy atom. The zero-order valence-corrected chi connectivity index (χ0v) is 11.1. The summed E-state index contributed by atoms with van der Waals surface area (Å²) in [5.41, 5.74) is 0.603. The van der Waals surface area contributed by atoms with Gasteiger partial charge in [0.2, 0.25) is 0 Å². The number of nitrogens with one attached hydrogen (secondary N) is 1. The molecule has 20 heavy (non-hydrogen) atoms. The lowest BCUT2D eigenvalue weighted by Gasteiger charge is -2.38. The van der Waals surface area contributed by atoms with E-state index >= 15 is 0 Å². The van der Waals surface area contributed by atoms with Crippen molar-refractivity contribution in [3.63, 3.8) is 0 Å². The Morgan fingerprint density at radius 3 is 2.45 bits per heavy atom. The molecule has 1 aromatic carbocycles. The van der Waals surface area contributed by atoms with Crippen LogP contribution in [-0.2, 0) is 14.9 Å². The van der Waals surface area contributed by atoms with Crippen molar-refractivity contribution >= 4 is 17.7 Å². The van der Waals surface area contributed by atoms with Crippen LogP contribution in [0.5, 0.6) is 0 Å². The third kappa shape index (κ3) is 2.66. The van der Waals surface area contributed by atoms with Gasteiger partial charge in [0, 0.05) is 5.69 Å². The van der Waals surface area contributed by atoms with Crippen LogP contribution < -0.4 is 5.32 Å². The number of carbonyl (C=O) groups is 2. The van der Waals surface area contributed by atoms with Crippen molar-refractivity contribution in [2.45, 2.75) is 24.7 Å². The van der Waals surface area contributed by atoms with Crippen molar-refractivity contribution in [1.82, 2.24) is 0 Å². The summed E-state index contributed by atoms with van der Waals surface area (Å²) in [4.78, 5) is 22.7. The average molecular weight is 275 g/mol. The van der Waals surface area contributed by atoms with Gasteiger partial charge in [0.15, 0.2) is 0 Å². The van der Waals surface area contributed by atoms with Gasteiger partial charge in [0.25, 0.3) is 0 Å². The van der Waals surface area contributed by atoms with E-state index in [1.165, 1.54) is 6.08 Å². The molecule has 0 atom stereocenters. The number of hydrogen-bond donors (Lipinski definition) is 2. The Morgan fingerprint density at radius 2 is 2.00 bits per heavy atom. The van der Waals surface area contributed by atoms with Gasteiger partial charge in [-0.2, -0.15) is 0 Å². The summed E-state index contributed by atoms with van der Waals surface area (Å²) in [5, 5.41) is 11.9. The van der Waals surface area contributed by atoms with Gasteiger partial charge in [0.05, 0.1) is 5.41 Å². The van der Waals surface area contributed by atoms with Crippen LogP contribution in [0.15, 0.2) is 36.9 Å². The third-order valence-corrected chi connectivity index (χ3v) is 3.63. The van der Waals surface area contributed by atoms with Gasteiger partial charge >= 0.3 is 12.1 Å². The van der Waals surface area contributed by atoms with Crippen LogP contribution in [0.3, 0.4) is 0 Å². The number of ether oxygens (including phenoxy) is 1. The van der Waals surface area contributed by atoms with Gasteiger partial charge in [-0.05, 0) is 30.5 Å². The van der Waals surface area contributed by atoms with E-state index in [1.54, 1.807) is 24.3 Å². The van der Waals surface area contributed by atoms with Crippen LogP contribution in [0.2, 0.25) is 0 Å². The molecule has 106 valence electrons. The molecule has 0 aliphatic heterocycles. The topological polar surface area (TPSA) is 75.6 Å². The van der Waals surface area contributed by atoms with Crippen molar-refractivity contribution in [3.05, 3.63) is 42.5 Å². The van der Waals surface area contributed by atoms with Crippen molar-refractivity contribution in [2.75, 3.05) is 11.9 Å². The zero-order valence-electron chi connectivity index (χ0n) is 11.1. The first-order valence-electron chi connectivity index (χ1n) is 6.47. The van der Waals surface area contributed by atoms with Crippen LogP contribution in [0.25, 0.3) is 0 Å². The van der Waals surface area contributed by atoms with E-state index in [9.17, 15) is 14.7 Å². The van der Waals surface area contributed by atoms with Crippen molar-refractivity contribution < 1.29 is 19.4 Å². The fourth-order valence-corrected chi connectivity index (χ4v) is 2.32. The second-order valence-corrected chi connectivity index (χ2v) is 4.83. The van der Waals surface area contributed by atoms with E-state index in [2.05, 4.69) is 11.9 Å². The minimum atomic E-state index is -0.783. The molecular formula is C15H17NO4. The smallest absolute Gasteiger partial charge is 0.411 e. The standard InChI is InChI=1S/C15H17NO4/c1-2-10-20-14(19)16-12-6-4-11(5-7-12)15(13(17)18)8-3-9-15/h2,4-7H,1,3,8-10H2,(H,16,19)(H,17,18). The SMILES string of the molecule is C=CCOC(=O)Nc1ccc(C2(C(=O)O)CCC2)cc1. The van der Waals surface area contributed by atoms with E-state index in [1.807, 2.05) is 0 Å². The molecule has 0 unspecified atom stereocenters. The molecular weight excluding hydrogens is 258 g/mol. The molecule has 1 aliphatic rings. The predicted octanol–water partition coefficient (Wildman–Crippen LogP) is 2.93. The van der Waals surface area contributed by atoms with Gasteiger partial charge in [0.1, 0.15) is 6.61 Å². The van der Waals surface area contributed by atoms with Crippen molar-refractivity contribution in [2.24, 2.45) is 0 Å². The molecule has 2 N–H and O–H groups in total. The third-order valence-electron chi connectivity index (χ3n) is 3.63. The number of rotatable bonds is 5. The van der Waals surface area contributed by atoms with E-state index in [0.29, 0.717) is 18.5 Å². The monoisotopic (exact) mass is 275 g/mol. The molecule has 0 heterocycles. The maximum atomic E-state index is 11.4. The summed E-state index contributed by atoms with van der Waals surface area (Å²) >= 11 is 0. The first kappa shape index (κ1) is 14.1. The molecule has 0 bridgehead atoms. The molecule has 5 nitrogen and oxygen atoms in total. The Labute approximate surface area is 117 Å². The number of hydrogen-bond acceptors (Lipinski definition) is 3. The Kier molecular flexibility index (Phi) is 4.08. The van der Waals surface area contributed by atoms with Crippen LogP contribution in [0, 0.1) is 0 Å². The maximum Gasteiger partial charge on any atom is 0.411 e. The first-order valence-corrected chi connectivity index (χ1v) is 6.47. The Hall–Kier alpha value is -2.30. The van der Waals surface area contributed by atoms with Crippen LogP contribution in [0.1, 0.15) is 24.8 Å². The number of benzene rings is 1. The number of carboxylic acids is 1. The molecule has 2 rings (SSSR count). The molecule has 0 spiro atoms. The van der Waals surface area contributed by atoms with Gasteiger partial charge in [-0.25, -0.2) is 4.79 Å². The lowest BCUT2D eigenvalue weighted by atomic mass is 9.64. The highest BCUT2D eigenvalue weighted by atomic mass is 16.5. The summed E-state index contributed by atoms with van der Waals surface area (Å²) in [5.74, 6) is -0.783. The molecule has 1 fully saturated rings. The van der Waals surface area contributed by atoms with Crippen molar-refractivity contribution in [1.29, 1.82) is 0 Å². The number of carboxylic acid groups (broad SMARTS) is 1. The molecule has 1 saturated carbocycles. The van der Waals surface area contributed by atoms with Crippen LogP contribution in [0.4, 0.5) is 10.5 Å². The van der Waals surface area contributed by atoms with Crippen molar-refractivity contribution in [3.8, 4) is 0 Å². The summed E-state index contributed by atoms with van der Waals surface area (Å²) in [6.07, 6.45) is 3.18. The molecule has 1 aliphatic carbocycles. The summed E-state index contributed by atoms with van der Waals surface area (Å²) in [6.45, 7) is 3.59. The van der Waals surface area contributed by atoms with Gasteiger partial charge in [-0.1, -0.05) is 31.2 Å². The average Bonchev–Trinajstić information content (AvgIpc) is 2.36. The minimum absolute atomic E-state index is 0.145. The molecule has 0 saturated heterocycles. The lowest BCUT2D eigenvalue weighted by Crippen LogP contribution is -2.42.